The molecule has 0 bridgehead atoms. The maximum Gasteiger partial charge on any atom is 0.358 e. The lowest BCUT2D eigenvalue weighted by molar-refractivity contribution is -0.469. The molecule has 1 heterocycles. The third kappa shape index (κ3) is 4.54. The minimum atomic E-state index is -0.522. The molecule has 0 aliphatic heterocycles. The van der Waals surface area contributed by atoms with Crippen LogP contribution in [0, 0.1) is 5.21 Å². The Bertz CT molecular complexity index is 650. The SMILES string of the molecule is C=CCOC(=O)c1csc(/C=[N+](\[O-])Cc2ccccc2)n1. The largest absolute Gasteiger partial charge is 0.623 e. The lowest BCUT2D eigenvalue weighted by atomic mass is 10.2. The van der Waals surface area contributed by atoms with Gasteiger partial charge in [-0.2, -0.15) is 0 Å². The van der Waals surface area contributed by atoms with E-state index < -0.39 is 5.97 Å². The summed E-state index contributed by atoms with van der Waals surface area (Å²) in [7, 11) is 0. The molecule has 0 unspecified atom stereocenters. The lowest BCUT2D eigenvalue weighted by Crippen LogP contribution is -2.07. The van der Waals surface area contributed by atoms with Crippen LogP contribution in [-0.4, -0.2) is 28.5 Å². The number of aromatic nitrogens is 1. The molecule has 0 aliphatic carbocycles. The molecule has 0 fully saturated rings. The number of hydrogen-bond acceptors (Lipinski definition) is 5. The van der Waals surface area contributed by atoms with Crippen molar-refractivity contribution in [3.63, 3.8) is 0 Å². The third-order valence-electron chi connectivity index (χ3n) is 2.50. The summed E-state index contributed by atoms with van der Waals surface area (Å²) >= 11 is 1.22. The zero-order valence-corrected chi connectivity index (χ0v) is 12.1. The van der Waals surface area contributed by atoms with E-state index in [1.54, 1.807) is 5.38 Å². The highest BCUT2D eigenvalue weighted by Crippen LogP contribution is 2.09. The minimum absolute atomic E-state index is 0.136. The van der Waals surface area contributed by atoms with Gasteiger partial charge in [0.1, 0.15) is 6.61 Å². The van der Waals surface area contributed by atoms with Crippen molar-refractivity contribution >= 4 is 23.5 Å². The molecule has 2 aromatic rings. The van der Waals surface area contributed by atoms with Gasteiger partial charge in [-0.15, -0.1) is 11.3 Å². The molecule has 0 spiro atoms. The number of hydrogen-bond donors (Lipinski definition) is 0. The van der Waals surface area contributed by atoms with Gasteiger partial charge in [0.15, 0.2) is 17.2 Å². The Balaban J connectivity index is 2.02. The smallest absolute Gasteiger partial charge is 0.358 e. The van der Waals surface area contributed by atoms with Crippen LogP contribution in [-0.2, 0) is 11.3 Å². The second kappa shape index (κ2) is 7.35. The van der Waals surface area contributed by atoms with E-state index in [-0.39, 0.29) is 18.8 Å². The van der Waals surface area contributed by atoms with Crippen LogP contribution in [0.3, 0.4) is 0 Å². The van der Waals surface area contributed by atoms with Gasteiger partial charge in [-0.25, -0.2) is 14.5 Å². The molecule has 5 nitrogen and oxygen atoms in total. The van der Waals surface area contributed by atoms with Gasteiger partial charge in [0.25, 0.3) is 0 Å². The fourth-order valence-corrected chi connectivity index (χ4v) is 2.29. The fraction of sp³-hybridized carbons (Fsp3) is 0.133. The number of hydroxylamine groups is 1. The maximum atomic E-state index is 11.8. The van der Waals surface area contributed by atoms with Crippen molar-refractivity contribution < 1.29 is 14.3 Å². The minimum Gasteiger partial charge on any atom is -0.623 e. The van der Waals surface area contributed by atoms with Crippen LogP contribution in [0.15, 0.2) is 48.4 Å². The van der Waals surface area contributed by atoms with Gasteiger partial charge in [0.05, 0.1) is 0 Å². The van der Waals surface area contributed by atoms with E-state index in [4.69, 9.17) is 4.74 Å². The summed E-state index contributed by atoms with van der Waals surface area (Å²) in [6, 6.07) is 9.39. The molecular formula is C15H14N2O3S. The zero-order valence-electron chi connectivity index (χ0n) is 11.3. The highest BCUT2D eigenvalue weighted by atomic mass is 32.1. The molecule has 108 valence electrons. The first kappa shape index (κ1) is 14.9. The number of ether oxygens (including phenoxy) is 1. The molecule has 1 aromatic heterocycles. The molecule has 0 aliphatic rings. The van der Waals surface area contributed by atoms with Crippen LogP contribution >= 0.6 is 11.3 Å². The molecule has 0 amide bonds. The number of benzene rings is 1. The Hall–Kier alpha value is -2.47. The highest BCUT2D eigenvalue weighted by Gasteiger charge is 2.12. The zero-order chi connectivity index (χ0) is 15.1. The lowest BCUT2D eigenvalue weighted by Gasteiger charge is -2.02. The summed E-state index contributed by atoms with van der Waals surface area (Å²) in [4.78, 5) is 15.6. The first-order chi connectivity index (χ1) is 10.2. The quantitative estimate of drug-likeness (QED) is 0.205. The summed E-state index contributed by atoms with van der Waals surface area (Å²) in [5, 5.41) is 13.9. The summed E-state index contributed by atoms with van der Waals surface area (Å²) in [5.41, 5.74) is 1.10. The molecule has 0 atom stereocenters. The normalized spacial score (nSPS) is 11.1. The molecule has 2 rings (SSSR count). The first-order valence-electron chi connectivity index (χ1n) is 6.25. The number of esters is 1. The molecule has 0 saturated carbocycles. The van der Waals surface area contributed by atoms with E-state index in [9.17, 15) is 10.0 Å². The second-order valence-electron chi connectivity index (χ2n) is 4.15. The van der Waals surface area contributed by atoms with Gasteiger partial charge in [-0.1, -0.05) is 43.0 Å². The Morgan fingerprint density at radius 1 is 1.43 bits per heavy atom. The van der Waals surface area contributed by atoms with Crippen LogP contribution in [0.4, 0.5) is 0 Å². The second-order valence-corrected chi connectivity index (χ2v) is 5.04. The fourth-order valence-electron chi connectivity index (χ4n) is 1.58. The third-order valence-corrected chi connectivity index (χ3v) is 3.28. The summed E-state index contributed by atoms with van der Waals surface area (Å²) in [5.74, 6) is -0.522. The van der Waals surface area contributed by atoms with Crippen LogP contribution in [0.1, 0.15) is 21.1 Å². The first-order valence-corrected chi connectivity index (χ1v) is 7.13. The van der Waals surface area contributed by atoms with Crippen molar-refractivity contribution in [3.8, 4) is 0 Å². The molecule has 1 aromatic carbocycles. The van der Waals surface area contributed by atoms with Crippen LogP contribution in [0.5, 0.6) is 0 Å². The van der Waals surface area contributed by atoms with Gasteiger partial charge in [0.2, 0.25) is 6.21 Å². The van der Waals surface area contributed by atoms with Crippen molar-refractivity contribution in [1.82, 2.24) is 4.98 Å². The Morgan fingerprint density at radius 3 is 2.90 bits per heavy atom. The van der Waals surface area contributed by atoms with Gasteiger partial charge >= 0.3 is 5.97 Å². The van der Waals surface area contributed by atoms with Crippen molar-refractivity contribution in [2.75, 3.05) is 6.61 Å². The maximum absolute atomic E-state index is 11.8. The standard InChI is InChI=1S/C15H14N2O3S/c1-2-8-20-15(18)13-11-21-14(16-13)10-17(19)9-12-6-4-3-5-7-12/h2-7,10-11H,1,8-9H2/b17-10-. The highest BCUT2D eigenvalue weighted by molar-refractivity contribution is 7.11. The van der Waals surface area contributed by atoms with E-state index in [2.05, 4.69) is 11.6 Å². The summed E-state index contributed by atoms with van der Waals surface area (Å²) < 4.78 is 5.66. The number of thiazole rings is 1. The van der Waals surface area contributed by atoms with Gasteiger partial charge in [0, 0.05) is 10.9 Å². The predicted molar refractivity (Wildman–Crippen MR) is 81.5 cm³/mol. The van der Waals surface area contributed by atoms with E-state index in [0.29, 0.717) is 5.01 Å². The Morgan fingerprint density at radius 2 is 2.19 bits per heavy atom. The van der Waals surface area contributed by atoms with Crippen molar-refractivity contribution in [1.29, 1.82) is 0 Å². The summed E-state index contributed by atoms with van der Waals surface area (Å²) in [6.45, 7) is 3.83. The van der Waals surface area contributed by atoms with Crippen LogP contribution < -0.4 is 0 Å². The number of carbonyl (C=O) groups excluding carboxylic acids is 1. The molecule has 21 heavy (non-hydrogen) atoms. The van der Waals surface area contributed by atoms with Crippen LogP contribution in [0.25, 0.3) is 0 Å². The van der Waals surface area contributed by atoms with E-state index in [1.807, 2.05) is 30.3 Å². The van der Waals surface area contributed by atoms with E-state index in [1.165, 1.54) is 23.6 Å². The monoisotopic (exact) mass is 302 g/mol. The topological polar surface area (TPSA) is 65.3 Å². The average molecular weight is 302 g/mol. The number of nitrogens with zero attached hydrogens (tertiary/aromatic N) is 2. The molecule has 0 saturated heterocycles. The number of carbonyl (C=O) groups is 1. The molecule has 0 N–H and O–H groups in total. The van der Waals surface area contributed by atoms with Crippen molar-refractivity contribution in [2.45, 2.75) is 6.54 Å². The Kier molecular flexibility index (Phi) is 5.22. The van der Waals surface area contributed by atoms with E-state index in [0.717, 1.165) is 10.3 Å². The van der Waals surface area contributed by atoms with E-state index >= 15 is 0 Å². The van der Waals surface area contributed by atoms with Gasteiger partial charge < -0.3 is 9.94 Å². The molecule has 0 radical (unpaired) electrons. The average Bonchev–Trinajstić information content (AvgIpc) is 2.94. The van der Waals surface area contributed by atoms with Gasteiger partial charge in [-0.05, 0) is 0 Å². The molecule has 6 heteroatoms. The van der Waals surface area contributed by atoms with Crippen molar-refractivity contribution in [2.24, 2.45) is 0 Å². The summed E-state index contributed by atoms with van der Waals surface area (Å²) in [6.07, 6.45) is 2.85. The Labute approximate surface area is 126 Å². The van der Waals surface area contributed by atoms with Crippen molar-refractivity contribution in [3.05, 3.63) is 69.8 Å². The predicted octanol–water partition coefficient (Wildman–Crippen LogP) is 2.62. The van der Waals surface area contributed by atoms with Crippen LogP contribution in [0.2, 0.25) is 0 Å². The van der Waals surface area contributed by atoms with Gasteiger partial charge in [-0.3, -0.25) is 0 Å². The number of rotatable bonds is 6. The molecular weight excluding hydrogens is 288 g/mol.